The summed E-state index contributed by atoms with van der Waals surface area (Å²) < 4.78 is 2.37. The number of hydrogen-bond acceptors (Lipinski definition) is 2. The molecule has 0 aliphatic heterocycles. The Kier molecular flexibility index (Phi) is 7.95. The van der Waals surface area contributed by atoms with E-state index >= 15 is 0 Å². The van der Waals surface area contributed by atoms with Crippen LogP contribution in [0.2, 0.25) is 0 Å². The number of para-hydroxylation sites is 2. The molecule has 0 atom stereocenters. The molecule has 3 nitrogen and oxygen atoms in total. The molecule has 0 unspecified atom stereocenters. The maximum absolute atomic E-state index is 4.82. The van der Waals surface area contributed by atoms with E-state index in [9.17, 15) is 0 Å². The highest BCUT2D eigenvalue weighted by Gasteiger charge is 2.36. The second-order valence-corrected chi connectivity index (χ2v) is 17.8. The average Bonchev–Trinajstić information content (AvgIpc) is 3.81. The van der Waals surface area contributed by atoms with Gasteiger partial charge >= 0.3 is 0 Å². The van der Waals surface area contributed by atoms with Crippen LogP contribution in [0.4, 0.5) is 0 Å². The smallest absolute Gasteiger partial charge is 0.0971 e. The third-order valence-electron chi connectivity index (χ3n) is 13.9. The van der Waals surface area contributed by atoms with Crippen LogP contribution < -0.4 is 0 Å². The number of nitrogens with zero attached hydrogens (tertiary/aromatic N) is 3. The van der Waals surface area contributed by atoms with Crippen LogP contribution in [-0.4, -0.2) is 14.5 Å². The van der Waals surface area contributed by atoms with E-state index in [1.54, 1.807) is 12.4 Å². The van der Waals surface area contributed by atoms with Crippen LogP contribution in [0.1, 0.15) is 25.0 Å². The van der Waals surface area contributed by atoms with Crippen molar-refractivity contribution < 1.29 is 0 Å². The number of benzene rings is 10. The highest BCUT2D eigenvalue weighted by Crippen LogP contribution is 2.51. The lowest BCUT2D eigenvalue weighted by atomic mass is 9.80. The van der Waals surface area contributed by atoms with Crippen molar-refractivity contribution in [2.75, 3.05) is 0 Å². The molecule has 0 N–H and O–H groups in total. The molecule has 1 aliphatic rings. The van der Waals surface area contributed by atoms with Gasteiger partial charge in [0.25, 0.3) is 0 Å². The van der Waals surface area contributed by atoms with Crippen molar-refractivity contribution >= 4 is 54.4 Å². The van der Waals surface area contributed by atoms with Crippen LogP contribution >= 0.6 is 0 Å². The Morgan fingerprint density at radius 3 is 1.50 bits per heavy atom. The zero-order chi connectivity index (χ0) is 42.5. The topological polar surface area (TPSA) is 30.7 Å². The van der Waals surface area contributed by atoms with Gasteiger partial charge in [-0.1, -0.05) is 159 Å². The van der Waals surface area contributed by atoms with Crippen LogP contribution in [0.15, 0.2) is 213 Å². The molecule has 13 rings (SSSR count). The van der Waals surface area contributed by atoms with Crippen LogP contribution in [0.5, 0.6) is 0 Å². The molecule has 0 radical (unpaired) electrons. The van der Waals surface area contributed by atoms with Gasteiger partial charge in [-0.05, 0) is 132 Å². The fraction of sp³-hybridized carbons (Fsp3) is 0.0492. The van der Waals surface area contributed by atoms with Gasteiger partial charge in [0.1, 0.15) is 0 Å². The Morgan fingerprint density at radius 1 is 0.328 bits per heavy atom. The van der Waals surface area contributed by atoms with Gasteiger partial charge in [0.05, 0.1) is 22.1 Å². The zero-order valence-corrected chi connectivity index (χ0v) is 35.5. The van der Waals surface area contributed by atoms with Crippen LogP contribution in [-0.2, 0) is 5.41 Å². The summed E-state index contributed by atoms with van der Waals surface area (Å²) in [4.78, 5) is 9.59. The van der Waals surface area contributed by atoms with E-state index in [0.717, 1.165) is 21.8 Å². The first-order chi connectivity index (χ1) is 31.5. The summed E-state index contributed by atoms with van der Waals surface area (Å²) >= 11 is 0. The van der Waals surface area contributed by atoms with E-state index in [4.69, 9.17) is 9.97 Å². The molecule has 3 heteroatoms. The highest BCUT2D eigenvalue weighted by molar-refractivity contribution is 6.23. The first-order valence-electron chi connectivity index (χ1n) is 22.1. The molecule has 64 heavy (non-hydrogen) atoms. The lowest BCUT2D eigenvalue weighted by molar-refractivity contribution is 0.661. The van der Waals surface area contributed by atoms with E-state index in [1.165, 1.54) is 105 Å². The molecule has 10 aromatic carbocycles. The second kappa shape index (κ2) is 13.9. The number of aromatic nitrogens is 3. The molecule has 0 spiro atoms. The van der Waals surface area contributed by atoms with Crippen molar-refractivity contribution in [3.05, 3.63) is 224 Å². The summed E-state index contributed by atoms with van der Waals surface area (Å²) in [6.07, 6.45) is 3.58. The molecule has 300 valence electrons. The van der Waals surface area contributed by atoms with Gasteiger partial charge in [0.2, 0.25) is 0 Å². The van der Waals surface area contributed by atoms with E-state index in [2.05, 4.69) is 219 Å². The monoisotopic (exact) mass is 815 g/mol. The Morgan fingerprint density at radius 2 is 0.797 bits per heavy atom. The number of rotatable bonds is 5. The maximum Gasteiger partial charge on any atom is 0.0971 e. The van der Waals surface area contributed by atoms with Crippen LogP contribution in [0.3, 0.4) is 0 Å². The van der Waals surface area contributed by atoms with Crippen LogP contribution in [0, 0.1) is 0 Å². The predicted octanol–water partition coefficient (Wildman–Crippen LogP) is 16.0. The lowest BCUT2D eigenvalue weighted by Crippen LogP contribution is -2.15. The van der Waals surface area contributed by atoms with Crippen LogP contribution in [0.25, 0.3) is 116 Å². The summed E-state index contributed by atoms with van der Waals surface area (Å²) in [6.45, 7) is 4.75. The molecule has 2 heterocycles. The Bertz CT molecular complexity index is 3820. The summed E-state index contributed by atoms with van der Waals surface area (Å²) in [7, 11) is 0. The molecular formula is C61H41N3. The third-order valence-corrected chi connectivity index (χ3v) is 13.9. The maximum atomic E-state index is 4.82. The van der Waals surface area contributed by atoms with Crippen molar-refractivity contribution in [2.45, 2.75) is 19.3 Å². The molecule has 12 aromatic rings. The molecule has 0 bridgehead atoms. The van der Waals surface area contributed by atoms with Gasteiger partial charge in [-0.2, -0.15) is 0 Å². The lowest BCUT2D eigenvalue weighted by Gasteiger charge is -2.23. The van der Waals surface area contributed by atoms with Crippen molar-refractivity contribution in [1.82, 2.24) is 14.5 Å². The van der Waals surface area contributed by atoms with Gasteiger partial charge in [-0.25, -0.2) is 0 Å². The molecule has 0 fully saturated rings. The largest absolute Gasteiger partial charge is 0.309 e. The summed E-state index contributed by atoms with van der Waals surface area (Å²) in [5.41, 5.74) is 20.4. The summed E-state index contributed by atoms with van der Waals surface area (Å²) in [6, 6.07) is 73.7. The van der Waals surface area contributed by atoms with E-state index in [1.807, 2.05) is 0 Å². The van der Waals surface area contributed by atoms with Crippen molar-refractivity contribution in [1.29, 1.82) is 0 Å². The molecule has 2 aromatic heterocycles. The minimum atomic E-state index is -0.161. The first kappa shape index (κ1) is 36.5. The molecule has 0 saturated carbocycles. The predicted molar refractivity (Wildman–Crippen MR) is 268 cm³/mol. The second-order valence-electron chi connectivity index (χ2n) is 17.8. The highest BCUT2D eigenvalue weighted by atomic mass is 15.0. The van der Waals surface area contributed by atoms with Gasteiger partial charge in [0.15, 0.2) is 0 Å². The number of hydrogen-bond donors (Lipinski definition) is 0. The fourth-order valence-electron chi connectivity index (χ4n) is 10.6. The fourth-order valence-corrected chi connectivity index (χ4v) is 10.6. The van der Waals surface area contributed by atoms with E-state index in [-0.39, 0.29) is 5.41 Å². The molecule has 0 saturated heterocycles. The standard InChI is InChI=1S/C61H41N3/c1-61(2)55-36-44(39-21-19-38(20-22-39)42-26-30-58-53(34-42)51-16-8-9-18-57(51)64(58)46-13-4-3-5-14-46)24-28-49(55)50-29-25-45(37-56(50)61)41-12-10-11-40(33-41)43-23-27-48-47-15-6-7-17-52(47)59-60(54(48)35-43)63-32-31-62-59/h3-37H,1-2H3. The van der Waals surface area contributed by atoms with Crippen molar-refractivity contribution in [3.63, 3.8) is 0 Å². The van der Waals surface area contributed by atoms with E-state index < -0.39 is 0 Å². The quantitative estimate of drug-likeness (QED) is 0.162. The minimum absolute atomic E-state index is 0.161. The normalized spacial score (nSPS) is 13.0. The zero-order valence-electron chi connectivity index (χ0n) is 35.5. The van der Waals surface area contributed by atoms with Gasteiger partial charge in [0, 0.05) is 45.0 Å². The average molecular weight is 816 g/mol. The van der Waals surface area contributed by atoms with Gasteiger partial charge in [-0.3, -0.25) is 9.97 Å². The summed E-state index contributed by atoms with van der Waals surface area (Å²) in [5.74, 6) is 0. The SMILES string of the molecule is CC1(C)c2cc(-c3ccc(-c4ccc5c(c4)c4ccccc4n5-c4ccccc4)cc3)ccc2-c2ccc(-c3cccc(-c4ccc5c6ccccc6c6nccnc6c5c4)c3)cc21. The van der Waals surface area contributed by atoms with E-state index in [0.29, 0.717) is 0 Å². The van der Waals surface area contributed by atoms with Gasteiger partial charge < -0.3 is 4.57 Å². The van der Waals surface area contributed by atoms with Crippen molar-refractivity contribution in [3.8, 4) is 61.3 Å². The first-order valence-corrected chi connectivity index (χ1v) is 22.1. The molecular weight excluding hydrogens is 775 g/mol. The van der Waals surface area contributed by atoms with Crippen molar-refractivity contribution in [2.24, 2.45) is 0 Å². The third kappa shape index (κ3) is 5.54. The molecule has 0 amide bonds. The molecule has 1 aliphatic carbocycles. The summed E-state index contributed by atoms with van der Waals surface area (Å²) in [5, 5.41) is 7.18. The Balaban J connectivity index is 0.809. The minimum Gasteiger partial charge on any atom is -0.309 e. The Hall–Kier alpha value is -8.14. The van der Waals surface area contributed by atoms with Gasteiger partial charge in [-0.15, -0.1) is 0 Å². The number of fused-ring (bicyclic) bond motifs is 12. The Labute approximate surface area is 371 Å².